The lowest BCUT2D eigenvalue weighted by Gasteiger charge is -2.14. The molecule has 9 heteroatoms. The first-order valence-electron chi connectivity index (χ1n) is 11.8. The molecule has 1 aliphatic rings. The third-order valence-electron chi connectivity index (χ3n) is 5.75. The van der Waals surface area contributed by atoms with Gasteiger partial charge in [-0.15, -0.1) is 23.1 Å². The van der Waals surface area contributed by atoms with Crippen LogP contribution < -0.4 is 10.6 Å². The lowest BCUT2D eigenvalue weighted by Crippen LogP contribution is -2.23. The van der Waals surface area contributed by atoms with E-state index < -0.39 is 5.25 Å². The normalized spacial score (nSPS) is 13.4. The van der Waals surface area contributed by atoms with Crippen LogP contribution in [-0.2, 0) is 22.4 Å². The maximum Gasteiger partial charge on any atom is 0.341 e. The van der Waals surface area contributed by atoms with Gasteiger partial charge in [0.05, 0.1) is 17.4 Å². The molecule has 0 radical (unpaired) electrons. The van der Waals surface area contributed by atoms with E-state index in [1.165, 1.54) is 23.1 Å². The fourth-order valence-corrected chi connectivity index (χ4v) is 6.42. The van der Waals surface area contributed by atoms with Crippen LogP contribution in [0, 0.1) is 0 Å². The number of fused-ring (bicyclic) bond motifs is 1. The minimum atomic E-state index is -0.432. The molecule has 4 rings (SSSR count). The second-order valence-corrected chi connectivity index (χ2v) is 11.3. The zero-order valence-corrected chi connectivity index (χ0v) is 22.4. The number of esters is 1. The molecular weight excluding hydrogens is 516 g/mol. The molecule has 0 fully saturated rings. The minimum absolute atomic E-state index is 0.197. The Morgan fingerprint density at radius 3 is 2.64 bits per heavy atom. The van der Waals surface area contributed by atoms with Gasteiger partial charge in [-0.25, -0.2) is 4.79 Å². The van der Waals surface area contributed by atoms with Gasteiger partial charge in [-0.3, -0.25) is 9.59 Å². The fraction of sp³-hybridized carbons (Fsp3) is 0.296. The zero-order chi connectivity index (χ0) is 25.7. The van der Waals surface area contributed by atoms with Crippen molar-refractivity contribution in [2.45, 2.75) is 49.7 Å². The van der Waals surface area contributed by atoms with Crippen molar-refractivity contribution in [2.24, 2.45) is 0 Å². The number of benzene rings is 2. The monoisotopic (exact) mass is 542 g/mol. The zero-order valence-electron chi connectivity index (χ0n) is 20.1. The van der Waals surface area contributed by atoms with E-state index in [-0.39, 0.29) is 24.4 Å². The number of carbonyl (C=O) groups excluding carboxylic acids is 3. The Hall–Kier alpha value is -2.81. The van der Waals surface area contributed by atoms with Crippen molar-refractivity contribution in [3.8, 4) is 0 Å². The smallest absolute Gasteiger partial charge is 0.341 e. The number of rotatable bonds is 8. The molecular formula is C27H27ClN2O4S2. The average molecular weight is 543 g/mol. The lowest BCUT2D eigenvalue weighted by molar-refractivity contribution is -0.115. The first-order chi connectivity index (χ1) is 17.4. The standard InChI is InChI=1S/C27H27ClN2O4S2/c1-3-34-27(33)23-21-12-4-5-13-22(21)36-26(23)30-24(31)16(2)35-20-11-7-10-19(15-20)29-25(32)17-8-6-9-18(28)14-17/h6-11,14-16H,3-5,12-13H2,1-2H3,(H,29,32)(H,30,31). The van der Waals surface area contributed by atoms with E-state index in [1.54, 1.807) is 37.3 Å². The number of halogens is 1. The molecule has 1 aromatic heterocycles. The molecule has 0 aliphatic heterocycles. The maximum absolute atomic E-state index is 13.1. The highest BCUT2D eigenvalue weighted by molar-refractivity contribution is 8.00. The molecule has 6 nitrogen and oxygen atoms in total. The van der Waals surface area contributed by atoms with Crippen LogP contribution in [0.1, 0.15) is 57.8 Å². The maximum atomic E-state index is 13.1. The SMILES string of the molecule is CCOC(=O)c1c(NC(=O)C(C)Sc2cccc(NC(=O)c3cccc(Cl)c3)c2)sc2c1CCCC2. The number of aryl methyl sites for hydroxylation is 1. The first-order valence-corrected chi connectivity index (χ1v) is 13.9. The van der Waals surface area contributed by atoms with Crippen molar-refractivity contribution in [2.75, 3.05) is 17.2 Å². The number of carbonyl (C=O) groups is 3. The third-order valence-corrected chi connectivity index (χ3v) is 8.28. The van der Waals surface area contributed by atoms with Gasteiger partial charge >= 0.3 is 5.97 Å². The summed E-state index contributed by atoms with van der Waals surface area (Å²) < 4.78 is 5.28. The van der Waals surface area contributed by atoms with Crippen LogP contribution in [-0.4, -0.2) is 29.6 Å². The van der Waals surface area contributed by atoms with E-state index >= 15 is 0 Å². The molecule has 0 saturated carbocycles. The molecule has 1 heterocycles. The first kappa shape index (κ1) is 26.3. The summed E-state index contributed by atoms with van der Waals surface area (Å²) in [5.74, 6) is -0.841. The summed E-state index contributed by atoms with van der Waals surface area (Å²) in [7, 11) is 0. The van der Waals surface area contributed by atoms with Gasteiger partial charge in [-0.1, -0.05) is 23.7 Å². The molecule has 1 aliphatic carbocycles. The van der Waals surface area contributed by atoms with Crippen LogP contribution in [0.15, 0.2) is 53.4 Å². The largest absolute Gasteiger partial charge is 0.462 e. The van der Waals surface area contributed by atoms with Gasteiger partial charge in [0.2, 0.25) is 5.91 Å². The molecule has 2 amide bonds. The van der Waals surface area contributed by atoms with Gasteiger partial charge in [-0.05, 0) is 81.5 Å². The number of anilines is 2. The van der Waals surface area contributed by atoms with E-state index in [0.29, 0.717) is 26.8 Å². The van der Waals surface area contributed by atoms with Crippen molar-refractivity contribution >= 4 is 63.2 Å². The number of thioether (sulfide) groups is 1. The Balaban J connectivity index is 1.44. The third kappa shape index (κ3) is 6.30. The van der Waals surface area contributed by atoms with Crippen molar-refractivity contribution in [1.82, 2.24) is 0 Å². The highest BCUT2D eigenvalue weighted by atomic mass is 35.5. The Bertz CT molecular complexity index is 1290. The van der Waals surface area contributed by atoms with E-state index in [1.807, 2.05) is 25.1 Å². The Labute approximate surface area is 223 Å². The van der Waals surface area contributed by atoms with Crippen molar-refractivity contribution in [3.05, 3.63) is 75.1 Å². The number of thiophene rings is 1. The van der Waals surface area contributed by atoms with Crippen molar-refractivity contribution < 1.29 is 19.1 Å². The van der Waals surface area contributed by atoms with Gasteiger partial charge in [0, 0.05) is 26.0 Å². The summed E-state index contributed by atoms with van der Waals surface area (Å²) in [4.78, 5) is 40.3. The molecule has 1 unspecified atom stereocenters. The molecule has 0 saturated heterocycles. The number of nitrogens with one attached hydrogen (secondary N) is 2. The average Bonchev–Trinajstić information content (AvgIpc) is 3.22. The van der Waals surface area contributed by atoms with Crippen LogP contribution >= 0.6 is 34.7 Å². The molecule has 188 valence electrons. The van der Waals surface area contributed by atoms with Crippen molar-refractivity contribution in [3.63, 3.8) is 0 Å². The van der Waals surface area contributed by atoms with Crippen LogP contribution in [0.2, 0.25) is 5.02 Å². The predicted octanol–water partition coefficient (Wildman–Crippen LogP) is 6.83. The molecule has 2 aromatic carbocycles. The van der Waals surface area contributed by atoms with Gasteiger partial charge in [-0.2, -0.15) is 0 Å². The number of ether oxygens (including phenoxy) is 1. The molecule has 2 N–H and O–H groups in total. The second-order valence-electron chi connectivity index (χ2n) is 8.38. The quantitative estimate of drug-likeness (QED) is 0.241. The fourth-order valence-electron chi connectivity index (χ4n) is 4.02. The number of hydrogen-bond acceptors (Lipinski definition) is 6. The number of amides is 2. The predicted molar refractivity (Wildman–Crippen MR) is 147 cm³/mol. The van der Waals surface area contributed by atoms with E-state index in [0.717, 1.165) is 41.0 Å². The van der Waals surface area contributed by atoms with E-state index in [9.17, 15) is 14.4 Å². The van der Waals surface area contributed by atoms with Crippen LogP contribution in [0.4, 0.5) is 10.7 Å². The Morgan fingerprint density at radius 2 is 1.86 bits per heavy atom. The molecule has 0 spiro atoms. The summed E-state index contributed by atoms with van der Waals surface area (Å²) in [6.07, 6.45) is 3.85. The number of hydrogen-bond donors (Lipinski definition) is 2. The van der Waals surface area contributed by atoms with Gasteiger partial charge in [0.15, 0.2) is 0 Å². The van der Waals surface area contributed by atoms with Gasteiger partial charge in [0.1, 0.15) is 5.00 Å². The highest BCUT2D eigenvalue weighted by Crippen LogP contribution is 2.39. The van der Waals surface area contributed by atoms with Crippen LogP contribution in [0.5, 0.6) is 0 Å². The minimum Gasteiger partial charge on any atom is -0.462 e. The lowest BCUT2D eigenvalue weighted by atomic mass is 9.95. The van der Waals surface area contributed by atoms with E-state index in [4.69, 9.17) is 16.3 Å². The molecule has 36 heavy (non-hydrogen) atoms. The topological polar surface area (TPSA) is 84.5 Å². The van der Waals surface area contributed by atoms with Gasteiger partial charge in [0.25, 0.3) is 5.91 Å². The molecule has 1 atom stereocenters. The summed E-state index contributed by atoms with van der Waals surface area (Å²) in [5, 5.41) is 6.47. The van der Waals surface area contributed by atoms with Crippen molar-refractivity contribution in [1.29, 1.82) is 0 Å². The summed E-state index contributed by atoms with van der Waals surface area (Å²) in [6, 6.07) is 14.1. The summed E-state index contributed by atoms with van der Waals surface area (Å²) in [5.41, 5.74) is 2.61. The van der Waals surface area contributed by atoms with Gasteiger partial charge < -0.3 is 15.4 Å². The summed E-state index contributed by atoms with van der Waals surface area (Å²) >= 11 is 8.84. The Kier molecular flexibility index (Phi) is 8.72. The highest BCUT2D eigenvalue weighted by Gasteiger charge is 2.28. The molecule has 0 bridgehead atoms. The second kappa shape index (κ2) is 12.0. The van der Waals surface area contributed by atoms with Crippen LogP contribution in [0.25, 0.3) is 0 Å². The van der Waals surface area contributed by atoms with Crippen LogP contribution in [0.3, 0.4) is 0 Å². The van der Waals surface area contributed by atoms with E-state index in [2.05, 4.69) is 10.6 Å². The summed E-state index contributed by atoms with van der Waals surface area (Å²) in [6.45, 7) is 3.88. The molecule has 3 aromatic rings. The Morgan fingerprint density at radius 1 is 1.08 bits per heavy atom.